The van der Waals surface area contributed by atoms with Gasteiger partial charge in [-0.2, -0.15) is 0 Å². The number of fused-ring (bicyclic) bond motifs is 1. The van der Waals surface area contributed by atoms with E-state index in [1.165, 1.54) is 0 Å². The molecule has 100 valence electrons. The van der Waals surface area contributed by atoms with Crippen LogP contribution in [0.4, 0.5) is 0 Å². The van der Waals surface area contributed by atoms with Crippen molar-refractivity contribution >= 4 is 0 Å². The highest BCUT2D eigenvalue weighted by atomic mass is 16.6. The van der Waals surface area contributed by atoms with Crippen LogP contribution < -0.4 is 14.8 Å². The molecule has 0 aromatic heterocycles. The third-order valence-electron chi connectivity index (χ3n) is 3.27. The predicted octanol–water partition coefficient (Wildman–Crippen LogP) is 1.88. The fourth-order valence-corrected chi connectivity index (χ4v) is 2.08. The first-order valence-corrected chi connectivity index (χ1v) is 6.51. The molecule has 0 fully saturated rings. The van der Waals surface area contributed by atoms with Gasteiger partial charge in [0.25, 0.3) is 0 Å². The molecule has 1 aliphatic rings. The summed E-state index contributed by atoms with van der Waals surface area (Å²) < 4.78 is 11.1. The van der Waals surface area contributed by atoms with Crippen molar-refractivity contribution in [3.8, 4) is 11.5 Å². The van der Waals surface area contributed by atoms with Gasteiger partial charge in [-0.3, -0.25) is 0 Å². The van der Waals surface area contributed by atoms with Gasteiger partial charge in [-0.15, -0.1) is 0 Å². The second-order valence-corrected chi connectivity index (χ2v) is 4.58. The molecule has 1 aromatic rings. The number of rotatable bonds is 5. The normalized spacial score (nSPS) is 17.3. The van der Waals surface area contributed by atoms with E-state index in [2.05, 4.69) is 19.2 Å². The number of benzene rings is 1. The monoisotopic (exact) mass is 251 g/mol. The quantitative estimate of drug-likeness (QED) is 0.839. The fourth-order valence-electron chi connectivity index (χ4n) is 2.08. The minimum atomic E-state index is 0.133. The first-order chi connectivity index (χ1) is 8.74. The Kier molecular flexibility index (Phi) is 4.44. The van der Waals surface area contributed by atoms with Crippen molar-refractivity contribution in [2.45, 2.75) is 32.4 Å². The summed E-state index contributed by atoms with van der Waals surface area (Å²) in [6.45, 7) is 5.52. The lowest BCUT2D eigenvalue weighted by Crippen LogP contribution is -2.33. The van der Waals surface area contributed by atoms with Crippen LogP contribution in [-0.2, 0) is 0 Å². The number of hydrogen-bond donors (Lipinski definition) is 2. The maximum Gasteiger partial charge on any atom is 0.161 e. The number of ether oxygens (including phenoxy) is 2. The highest BCUT2D eigenvalue weighted by Gasteiger charge is 2.16. The largest absolute Gasteiger partial charge is 0.486 e. The van der Waals surface area contributed by atoms with Crippen LogP contribution in [0.15, 0.2) is 18.2 Å². The SMILES string of the molecule is CCC(CO)NC(C)c1ccc2c(c1)OCCO2. The molecule has 4 nitrogen and oxygen atoms in total. The predicted molar refractivity (Wildman–Crippen MR) is 70.1 cm³/mol. The lowest BCUT2D eigenvalue weighted by atomic mass is 10.1. The first kappa shape index (κ1) is 13.2. The molecule has 0 bridgehead atoms. The first-order valence-electron chi connectivity index (χ1n) is 6.51. The lowest BCUT2D eigenvalue weighted by molar-refractivity contribution is 0.171. The van der Waals surface area contributed by atoms with Crippen molar-refractivity contribution in [2.24, 2.45) is 0 Å². The van der Waals surface area contributed by atoms with Crippen LogP contribution in [0.5, 0.6) is 11.5 Å². The maximum atomic E-state index is 9.21. The Morgan fingerprint density at radius 1 is 1.28 bits per heavy atom. The van der Waals surface area contributed by atoms with E-state index in [9.17, 15) is 5.11 Å². The average molecular weight is 251 g/mol. The second kappa shape index (κ2) is 6.07. The van der Waals surface area contributed by atoms with Gasteiger partial charge in [0.1, 0.15) is 13.2 Å². The van der Waals surface area contributed by atoms with Gasteiger partial charge in [0.05, 0.1) is 6.61 Å². The summed E-state index contributed by atoms with van der Waals surface area (Å²) in [4.78, 5) is 0. The third kappa shape index (κ3) is 2.94. The molecular weight excluding hydrogens is 230 g/mol. The van der Waals surface area contributed by atoms with Crippen molar-refractivity contribution in [1.29, 1.82) is 0 Å². The van der Waals surface area contributed by atoms with E-state index in [1.807, 2.05) is 18.2 Å². The molecule has 0 radical (unpaired) electrons. The molecule has 0 saturated carbocycles. The van der Waals surface area contributed by atoms with Crippen molar-refractivity contribution in [3.05, 3.63) is 23.8 Å². The van der Waals surface area contributed by atoms with Crippen molar-refractivity contribution in [1.82, 2.24) is 5.32 Å². The van der Waals surface area contributed by atoms with Crippen LogP contribution in [0.1, 0.15) is 31.9 Å². The summed E-state index contributed by atoms with van der Waals surface area (Å²) in [5, 5.41) is 12.6. The molecule has 0 saturated heterocycles. The molecule has 0 amide bonds. The summed E-state index contributed by atoms with van der Waals surface area (Å²) in [6, 6.07) is 6.30. The van der Waals surface area contributed by atoms with Gasteiger partial charge in [-0.1, -0.05) is 13.0 Å². The van der Waals surface area contributed by atoms with Crippen LogP contribution >= 0.6 is 0 Å². The van der Waals surface area contributed by atoms with Gasteiger partial charge >= 0.3 is 0 Å². The van der Waals surface area contributed by atoms with E-state index >= 15 is 0 Å². The van der Waals surface area contributed by atoms with Crippen molar-refractivity contribution in [3.63, 3.8) is 0 Å². The molecule has 2 rings (SSSR count). The van der Waals surface area contributed by atoms with E-state index < -0.39 is 0 Å². The standard InChI is InChI=1S/C14H21NO3/c1-3-12(9-16)15-10(2)11-4-5-13-14(8-11)18-7-6-17-13/h4-5,8,10,12,15-16H,3,6-7,9H2,1-2H3. The molecule has 0 spiro atoms. The van der Waals surface area contributed by atoms with Gasteiger partial charge in [0.15, 0.2) is 11.5 Å². The van der Waals surface area contributed by atoms with Crippen molar-refractivity contribution < 1.29 is 14.6 Å². The lowest BCUT2D eigenvalue weighted by Gasteiger charge is -2.23. The van der Waals surface area contributed by atoms with E-state index in [0.29, 0.717) is 13.2 Å². The summed E-state index contributed by atoms with van der Waals surface area (Å²) in [5.74, 6) is 1.62. The summed E-state index contributed by atoms with van der Waals surface area (Å²) >= 11 is 0. The Morgan fingerprint density at radius 3 is 2.67 bits per heavy atom. The molecule has 1 heterocycles. The molecule has 18 heavy (non-hydrogen) atoms. The van der Waals surface area contributed by atoms with Gasteiger partial charge < -0.3 is 19.9 Å². The van der Waals surface area contributed by atoms with Gasteiger partial charge in [0, 0.05) is 12.1 Å². The minimum absolute atomic E-state index is 0.133. The second-order valence-electron chi connectivity index (χ2n) is 4.58. The highest BCUT2D eigenvalue weighted by Crippen LogP contribution is 2.32. The molecular formula is C14H21NO3. The van der Waals surface area contributed by atoms with Crippen LogP contribution in [0.25, 0.3) is 0 Å². The molecule has 1 aromatic carbocycles. The maximum absolute atomic E-state index is 9.21. The van der Waals surface area contributed by atoms with Crippen LogP contribution in [0.3, 0.4) is 0 Å². The van der Waals surface area contributed by atoms with Crippen molar-refractivity contribution in [2.75, 3.05) is 19.8 Å². The minimum Gasteiger partial charge on any atom is -0.486 e. The number of hydrogen-bond acceptors (Lipinski definition) is 4. The zero-order valence-corrected chi connectivity index (χ0v) is 11.0. The molecule has 1 aliphatic heterocycles. The number of nitrogens with one attached hydrogen (secondary N) is 1. The Morgan fingerprint density at radius 2 is 2.00 bits per heavy atom. The molecule has 4 heteroatoms. The third-order valence-corrected chi connectivity index (χ3v) is 3.27. The summed E-state index contributed by atoms with van der Waals surface area (Å²) in [6.07, 6.45) is 0.908. The van der Waals surface area contributed by atoms with E-state index in [-0.39, 0.29) is 18.7 Å². The van der Waals surface area contributed by atoms with Gasteiger partial charge in [0.2, 0.25) is 0 Å². The Bertz CT molecular complexity index is 391. The number of aliphatic hydroxyl groups is 1. The Balaban J connectivity index is 2.08. The topological polar surface area (TPSA) is 50.7 Å². The van der Waals surface area contributed by atoms with Gasteiger partial charge in [-0.25, -0.2) is 0 Å². The molecule has 2 N–H and O–H groups in total. The number of aliphatic hydroxyl groups excluding tert-OH is 1. The summed E-state index contributed by atoms with van der Waals surface area (Å²) in [5.41, 5.74) is 1.14. The van der Waals surface area contributed by atoms with Crippen LogP contribution in [0.2, 0.25) is 0 Å². The molecule has 2 unspecified atom stereocenters. The van der Waals surface area contributed by atoms with Gasteiger partial charge in [-0.05, 0) is 31.0 Å². The zero-order valence-electron chi connectivity index (χ0n) is 11.0. The Labute approximate surface area is 108 Å². The average Bonchev–Trinajstić information content (AvgIpc) is 2.44. The smallest absolute Gasteiger partial charge is 0.161 e. The van der Waals surface area contributed by atoms with Crippen LogP contribution in [-0.4, -0.2) is 31.0 Å². The Hall–Kier alpha value is -1.26. The fraction of sp³-hybridized carbons (Fsp3) is 0.571. The van der Waals surface area contributed by atoms with E-state index in [4.69, 9.17) is 9.47 Å². The molecule has 0 aliphatic carbocycles. The zero-order chi connectivity index (χ0) is 13.0. The van der Waals surface area contributed by atoms with E-state index in [0.717, 1.165) is 23.5 Å². The molecule has 2 atom stereocenters. The summed E-state index contributed by atoms with van der Waals surface area (Å²) in [7, 11) is 0. The highest BCUT2D eigenvalue weighted by molar-refractivity contribution is 5.44. The van der Waals surface area contributed by atoms with Crippen LogP contribution in [0, 0.1) is 0 Å². The van der Waals surface area contributed by atoms with E-state index in [1.54, 1.807) is 0 Å².